The van der Waals surface area contributed by atoms with E-state index >= 15 is 0 Å². The van der Waals surface area contributed by atoms with Crippen molar-refractivity contribution in [2.75, 3.05) is 13.1 Å². The lowest BCUT2D eigenvalue weighted by molar-refractivity contribution is 0.757. The first kappa shape index (κ1) is 13.7. The second-order valence-electron chi connectivity index (χ2n) is 5.10. The number of hydrogen-bond acceptors (Lipinski definition) is 1. The Balaban J connectivity index is 1.93. The van der Waals surface area contributed by atoms with Crippen LogP contribution in [-0.4, -0.2) is 17.7 Å². The highest BCUT2D eigenvalue weighted by molar-refractivity contribution is 5.87. The van der Waals surface area contributed by atoms with Crippen LogP contribution >= 0.6 is 0 Å². The van der Waals surface area contributed by atoms with Crippen molar-refractivity contribution < 1.29 is 0 Å². The SMILES string of the molecule is C=CCNCC/C=C1\c2ccccc2C=Cn2cccc21. The molecule has 2 nitrogen and oxygen atoms in total. The zero-order chi connectivity index (χ0) is 14.5. The normalized spacial score (nSPS) is 14.6. The number of rotatable bonds is 5. The Bertz CT molecular complexity index is 689. The third-order valence-corrected chi connectivity index (χ3v) is 3.68. The summed E-state index contributed by atoms with van der Waals surface area (Å²) in [5.41, 5.74) is 5.13. The third-order valence-electron chi connectivity index (χ3n) is 3.68. The van der Waals surface area contributed by atoms with E-state index in [0.717, 1.165) is 19.5 Å². The largest absolute Gasteiger partial charge is 0.323 e. The molecule has 21 heavy (non-hydrogen) atoms. The molecule has 0 atom stereocenters. The van der Waals surface area contributed by atoms with Crippen molar-refractivity contribution >= 4 is 17.8 Å². The number of fused-ring (bicyclic) bond motifs is 2. The van der Waals surface area contributed by atoms with E-state index < -0.39 is 0 Å². The molecule has 0 saturated carbocycles. The van der Waals surface area contributed by atoms with Crippen molar-refractivity contribution in [3.8, 4) is 0 Å². The fourth-order valence-corrected chi connectivity index (χ4v) is 2.68. The van der Waals surface area contributed by atoms with Crippen LogP contribution in [0.2, 0.25) is 0 Å². The highest BCUT2D eigenvalue weighted by atomic mass is 14.9. The van der Waals surface area contributed by atoms with Gasteiger partial charge in [-0.1, -0.05) is 36.4 Å². The third kappa shape index (κ3) is 2.91. The van der Waals surface area contributed by atoms with E-state index in [2.05, 4.69) is 77.4 Å². The summed E-state index contributed by atoms with van der Waals surface area (Å²) >= 11 is 0. The Labute approximate surface area is 126 Å². The van der Waals surface area contributed by atoms with E-state index in [-0.39, 0.29) is 0 Å². The van der Waals surface area contributed by atoms with E-state index in [0.29, 0.717) is 0 Å². The lowest BCUT2D eigenvalue weighted by atomic mass is 9.97. The first-order valence-corrected chi connectivity index (χ1v) is 7.37. The van der Waals surface area contributed by atoms with Crippen molar-refractivity contribution in [2.24, 2.45) is 0 Å². The van der Waals surface area contributed by atoms with Crippen LogP contribution < -0.4 is 5.32 Å². The predicted molar refractivity (Wildman–Crippen MR) is 90.9 cm³/mol. The summed E-state index contributed by atoms with van der Waals surface area (Å²) in [6, 6.07) is 12.8. The molecule has 0 fully saturated rings. The maximum atomic E-state index is 3.72. The maximum Gasteiger partial charge on any atom is 0.0525 e. The molecular weight excluding hydrogens is 256 g/mol. The summed E-state index contributed by atoms with van der Waals surface area (Å²) in [4.78, 5) is 0. The van der Waals surface area contributed by atoms with E-state index in [1.807, 2.05) is 6.08 Å². The molecule has 1 aromatic heterocycles. The van der Waals surface area contributed by atoms with Crippen LogP contribution in [0.15, 0.2) is 61.3 Å². The van der Waals surface area contributed by atoms with E-state index in [1.54, 1.807) is 0 Å². The fraction of sp³-hybridized carbons (Fsp3) is 0.158. The van der Waals surface area contributed by atoms with Gasteiger partial charge in [-0.3, -0.25) is 0 Å². The van der Waals surface area contributed by atoms with Crippen molar-refractivity contribution in [1.29, 1.82) is 0 Å². The minimum absolute atomic E-state index is 0.859. The molecule has 0 spiro atoms. The van der Waals surface area contributed by atoms with Gasteiger partial charge in [-0.05, 0) is 42.3 Å². The first-order chi connectivity index (χ1) is 10.4. The highest BCUT2D eigenvalue weighted by Crippen LogP contribution is 2.31. The van der Waals surface area contributed by atoms with Gasteiger partial charge in [0.1, 0.15) is 0 Å². The minimum Gasteiger partial charge on any atom is -0.323 e. The summed E-state index contributed by atoms with van der Waals surface area (Å²) in [6.45, 7) is 5.55. The van der Waals surface area contributed by atoms with Gasteiger partial charge in [-0.2, -0.15) is 0 Å². The monoisotopic (exact) mass is 276 g/mol. The summed E-state index contributed by atoms with van der Waals surface area (Å²) in [5.74, 6) is 0. The van der Waals surface area contributed by atoms with Gasteiger partial charge >= 0.3 is 0 Å². The molecule has 0 bridgehead atoms. The Morgan fingerprint density at radius 1 is 1.14 bits per heavy atom. The Morgan fingerprint density at radius 3 is 2.95 bits per heavy atom. The van der Waals surface area contributed by atoms with Crippen LogP contribution in [-0.2, 0) is 0 Å². The van der Waals surface area contributed by atoms with Crippen molar-refractivity contribution in [3.05, 3.63) is 78.1 Å². The number of benzene rings is 1. The van der Waals surface area contributed by atoms with Crippen molar-refractivity contribution in [1.82, 2.24) is 9.88 Å². The van der Waals surface area contributed by atoms with E-state index in [9.17, 15) is 0 Å². The summed E-state index contributed by atoms with van der Waals surface area (Å²) in [7, 11) is 0. The van der Waals surface area contributed by atoms with Crippen LogP contribution in [0.25, 0.3) is 17.8 Å². The van der Waals surface area contributed by atoms with Crippen LogP contribution in [0.3, 0.4) is 0 Å². The molecule has 2 heterocycles. The average molecular weight is 276 g/mol. The molecule has 1 aliphatic rings. The van der Waals surface area contributed by atoms with Gasteiger partial charge < -0.3 is 9.88 Å². The van der Waals surface area contributed by atoms with Crippen molar-refractivity contribution in [3.63, 3.8) is 0 Å². The van der Waals surface area contributed by atoms with Gasteiger partial charge in [0.05, 0.1) is 5.69 Å². The fourth-order valence-electron chi connectivity index (χ4n) is 2.68. The van der Waals surface area contributed by atoms with Crippen LogP contribution in [0.5, 0.6) is 0 Å². The molecule has 2 heteroatoms. The standard InChI is InChI=1S/C19H20N2/c1-2-12-20-13-5-9-18-17-8-4-3-7-16(17)11-15-21-14-6-10-19(18)21/h2-4,6-11,14-15,20H,1,5,12-13H2/b18-9+. The van der Waals surface area contributed by atoms with Crippen molar-refractivity contribution in [2.45, 2.75) is 6.42 Å². The van der Waals surface area contributed by atoms with Gasteiger partial charge in [0.25, 0.3) is 0 Å². The number of nitrogens with one attached hydrogen (secondary N) is 1. The van der Waals surface area contributed by atoms with Crippen LogP contribution in [0.1, 0.15) is 23.2 Å². The summed E-state index contributed by atoms with van der Waals surface area (Å²) in [6.07, 6.45) is 11.6. The molecule has 1 aliphatic heterocycles. The van der Waals surface area contributed by atoms with E-state index in [4.69, 9.17) is 0 Å². The zero-order valence-corrected chi connectivity index (χ0v) is 12.1. The second kappa shape index (κ2) is 6.42. The summed E-state index contributed by atoms with van der Waals surface area (Å²) < 4.78 is 2.18. The molecule has 0 amide bonds. The lowest BCUT2D eigenvalue weighted by Gasteiger charge is -2.10. The Kier molecular flexibility index (Phi) is 4.17. The first-order valence-electron chi connectivity index (χ1n) is 7.37. The second-order valence-corrected chi connectivity index (χ2v) is 5.10. The Hall–Kier alpha value is -2.32. The molecule has 1 aromatic carbocycles. The Morgan fingerprint density at radius 2 is 2.05 bits per heavy atom. The van der Waals surface area contributed by atoms with Gasteiger partial charge in [-0.25, -0.2) is 0 Å². The smallest absolute Gasteiger partial charge is 0.0525 e. The maximum absolute atomic E-state index is 3.72. The number of aromatic nitrogens is 1. The van der Waals surface area contributed by atoms with E-state index in [1.165, 1.54) is 22.4 Å². The van der Waals surface area contributed by atoms with Gasteiger partial charge in [0.2, 0.25) is 0 Å². The number of nitrogens with zero attached hydrogens (tertiary/aromatic N) is 1. The minimum atomic E-state index is 0.859. The topological polar surface area (TPSA) is 17.0 Å². The molecule has 0 aliphatic carbocycles. The average Bonchev–Trinajstić information content (AvgIpc) is 2.92. The molecule has 2 aromatic rings. The molecule has 0 unspecified atom stereocenters. The summed E-state index contributed by atoms with van der Waals surface area (Å²) in [5, 5.41) is 3.35. The molecular formula is C19H20N2. The number of hydrogen-bond donors (Lipinski definition) is 1. The molecule has 0 saturated heterocycles. The zero-order valence-electron chi connectivity index (χ0n) is 12.1. The van der Waals surface area contributed by atoms with Crippen LogP contribution in [0.4, 0.5) is 0 Å². The predicted octanol–water partition coefficient (Wildman–Crippen LogP) is 4.03. The van der Waals surface area contributed by atoms with Gasteiger partial charge in [0.15, 0.2) is 0 Å². The van der Waals surface area contributed by atoms with Crippen LogP contribution in [0, 0.1) is 0 Å². The molecule has 1 N–H and O–H groups in total. The van der Waals surface area contributed by atoms with Gasteiger partial charge in [0, 0.05) is 24.5 Å². The molecule has 0 radical (unpaired) electrons. The molecule has 3 rings (SSSR count). The highest BCUT2D eigenvalue weighted by Gasteiger charge is 2.13. The lowest BCUT2D eigenvalue weighted by Crippen LogP contribution is -2.14. The van der Waals surface area contributed by atoms with Gasteiger partial charge in [-0.15, -0.1) is 6.58 Å². The molecule has 106 valence electrons. The quantitative estimate of drug-likeness (QED) is 0.550.